The van der Waals surface area contributed by atoms with Crippen molar-refractivity contribution in [1.82, 2.24) is 10.2 Å². The van der Waals surface area contributed by atoms with E-state index in [0.29, 0.717) is 37.4 Å². The number of amides is 2. The van der Waals surface area contributed by atoms with E-state index >= 15 is 0 Å². The summed E-state index contributed by atoms with van der Waals surface area (Å²) in [5.41, 5.74) is 3.08. The molecule has 4 nitrogen and oxygen atoms in total. The quantitative estimate of drug-likeness (QED) is 0.289. The van der Waals surface area contributed by atoms with E-state index in [-0.39, 0.29) is 11.8 Å². The van der Waals surface area contributed by atoms with Crippen molar-refractivity contribution in [2.75, 3.05) is 6.54 Å². The molecule has 3 aromatic carbocycles. The number of hydrogen-bond donors (Lipinski definition) is 1. The molecule has 0 fully saturated rings. The number of halogens is 1. The van der Waals surface area contributed by atoms with Gasteiger partial charge in [0.2, 0.25) is 11.8 Å². The van der Waals surface area contributed by atoms with Crippen molar-refractivity contribution >= 4 is 23.4 Å². The van der Waals surface area contributed by atoms with Crippen LogP contribution in [0.25, 0.3) is 0 Å². The summed E-state index contributed by atoms with van der Waals surface area (Å²) in [6, 6.07) is 26.8. The smallest absolute Gasteiger partial charge is 0.243 e. The fourth-order valence-electron chi connectivity index (χ4n) is 4.08. The summed E-state index contributed by atoms with van der Waals surface area (Å²) >= 11 is 6.09. The Morgan fingerprint density at radius 3 is 2.09 bits per heavy atom. The van der Waals surface area contributed by atoms with Crippen LogP contribution < -0.4 is 5.32 Å². The van der Waals surface area contributed by atoms with Gasteiger partial charge in [0.15, 0.2) is 0 Å². The third-order valence-electron chi connectivity index (χ3n) is 6.09. The van der Waals surface area contributed by atoms with Gasteiger partial charge in [-0.05, 0) is 41.7 Å². The molecule has 1 atom stereocenters. The first-order valence-electron chi connectivity index (χ1n) is 12.5. The summed E-state index contributed by atoms with van der Waals surface area (Å²) in [4.78, 5) is 28.8. The minimum atomic E-state index is -0.599. The molecule has 0 saturated heterocycles. The van der Waals surface area contributed by atoms with E-state index in [1.54, 1.807) is 4.90 Å². The lowest BCUT2D eigenvalue weighted by Crippen LogP contribution is -2.50. The van der Waals surface area contributed by atoms with Crippen LogP contribution in [0.2, 0.25) is 5.02 Å². The molecular formula is C30H35ClN2O2. The zero-order valence-corrected chi connectivity index (χ0v) is 21.2. The number of rotatable bonds is 13. The van der Waals surface area contributed by atoms with Gasteiger partial charge in [-0.1, -0.05) is 104 Å². The molecule has 3 aromatic rings. The largest absolute Gasteiger partial charge is 0.354 e. The normalized spacial score (nSPS) is 11.6. The fraction of sp³-hybridized carbons (Fsp3) is 0.333. The summed E-state index contributed by atoms with van der Waals surface area (Å²) in [6.45, 7) is 3.11. The number of aryl methyl sites for hydroxylation is 1. The van der Waals surface area contributed by atoms with Crippen molar-refractivity contribution in [2.24, 2.45) is 0 Å². The fourth-order valence-corrected chi connectivity index (χ4v) is 4.21. The lowest BCUT2D eigenvalue weighted by molar-refractivity contribution is -0.141. The van der Waals surface area contributed by atoms with E-state index in [1.165, 1.54) is 0 Å². The molecule has 5 heteroatoms. The Bertz CT molecular complexity index is 1040. The maximum absolute atomic E-state index is 13.6. The molecule has 2 amide bonds. The first-order valence-corrected chi connectivity index (χ1v) is 12.8. The number of carbonyl (C=O) groups excluding carboxylic acids is 2. The van der Waals surface area contributed by atoms with Gasteiger partial charge < -0.3 is 10.2 Å². The van der Waals surface area contributed by atoms with E-state index in [0.717, 1.165) is 36.0 Å². The van der Waals surface area contributed by atoms with Gasteiger partial charge in [0.25, 0.3) is 0 Å². The first-order chi connectivity index (χ1) is 17.1. The summed E-state index contributed by atoms with van der Waals surface area (Å²) in [5.74, 6) is -0.138. The molecule has 0 aliphatic heterocycles. The maximum atomic E-state index is 13.6. The van der Waals surface area contributed by atoms with Gasteiger partial charge in [-0.2, -0.15) is 0 Å². The van der Waals surface area contributed by atoms with E-state index < -0.39 is 6.04 Å². The highest BCUT2D eigenvalue weighted by Gasteiger charge is 2.30. The minimum absolute atomic E-state index is 0.0338. The van der Waals surface area contributed by atoms with Gasteiger partial charge in [0.05, 0.1) is 0 Å². The Labute approximate surface area is 214 Å². The Kier molecular flexibility index (Phi) is 10.8. The molecule has 1 N–H and O–H groups in total. The van der Waals surface area contributed by atoms with Crippen molar-refractivity contribution in [3.05, 3.63) is 107 Å². The number of nitrogens with one attached hydrogen (secondary N) is 1. The van der Waals surface area contributed by atoms with Crippen LogP contribution >= 0.6 is 11.6 Å². The average Bonchev–Trinajstić information content (AvgIpc) is 2.89. The van der Waals surface area contributed by atoms with Crippen molar-refractivity contribution in [3.63, 3.8) is 0 Å². The van der Waals surface area contributed by atoms with Gasteiger partial charge in [-0.25, -0.2) is 0 Å². The van der Waals surface area contributed by atoms with Crippen LogP contribution in [-0.2, 0) is 29.0 Å². The van der Waals surface area contributed by atoms with Crippen LogP contribution in [0.5, 0.6) is 0 Å². The van der Waals surface area contributed by atoms with Crippen LogP contribution in [0.1, 0.15) is 49.3 Å². The molecule has 0 bridgehead atoms. The van der Waals surface area contributed by atoms with Gasteiger partial charge in [-0.3, -0.25) is 9.59 Å². The van der Waals surface area contributed by atoms with E-state index in [4.69, 9.17) is 11.6 Å². The molecule has 0 unspecified atom stereocenters. The molecule has 0 spiro atoms. The number of nitrogens with zero attached hydrogens (tertiary/aromatic N) is 1. The second-order valence-corrected chi connectivity index (χ2v) is 9.27. The SMILES string of the molecule is CCCCCNC(=O)[C@H](Cc1ccccc1)N(Cc1ccc(Cl)cc1)C(=O)CCc1ccccc1. The number of unbranched alkanes of at least 4 members (excludes halogenated alkanes) is 2. The van der Waals surface area contributed by atoms with Crippen molar-refractivity contribution < 1.29 is 9.59 Å². The van der Waals surface area contributed by atoms with Crippen LogP contribution in [0.15, 0.2) is 84.9 Å². The zero-order valence-electron chi connectivity index (χ0n) is 20.5. The molecule has 184 valence electrons. The first kappa shape index (κ1) is 26.5. The number of carbonyl (C=O) groups is 2. The monoisotopic (exact) mass is 490 g/mol. The van der Waals surface area contributed by atoms with E-state index in [1.807, 2.05) is 84.9 Å². The Morgan fingerprint density at radius 2 is 1.46 bits per heavy atom. The molecule has 0 aliphatic carbocycles. The van der Waals surface area contributed by atoms with Crippen LogP contribution in [0, 0.1) is 0 Å². The number of hydrogen-bond acceptors (Lipinski definition) is 2. The third-order valence-corrected chi connectivity index (χ3v) is 6.34. The van der Waals surface area contributed by atoms with Gasteiger partial charge >= 0.3 is 0 Å². The highest BCUT2D eigenvalue weighted by atomic mass is 35.5. The topological polar surface area (TPSA) is 49.4 Å². The summed E-state index contributed by atoms with van der Waals surface area (Å²) in [5, 5.41) is 3.73. The second-order valence-electron chi connectivity index (χ2n) is 8.84. The Morgan fingerprint density at radius 1 is 0.829 bits per heavy atom. The predicted molar refractivity (Wildman–Crippen MR) is 143 cm³/mol. The highest BCUT2D eigenvalue weighted by Crippen LogP contribution is 2.18. The average molecular weight is 491 g/mol. The van der Waals surface area contributed by atoms with Crippen molar-refractivity contribution in [2.45, 2.75) is 58.0 Å². The summed E-state index contributed by atoms with van der Waals surface area (Å²) < 4.78 is 0. The van der Waals surface area contributed by atoms with E-state index in [9.17, 15) is 9.59 Å². The van der Waals surface area contributed by atoms with Crippen molar-refractivity contribution in [3.8, 4) is 0 Å². The van der Waals surface area contributed by atoms with Crippen LogP contribution in [0.4, 0.5) is 0 Å². The highest BCUT2D eigenvalue weighted by molar-refractivity contribution is 6.30. The zero-order chi connectivity index (χ0) is 24.9. The minimum Gasteiger partial charge on any atom is -0.354 e. The van der Waals surface area contributed by atoms with Crippen LogP contribution in [-0.4, -0.2) is 29.3 Å². The van der Waals surface area contributed by atoms with Gasteiger partial charge in [0.1, 0.15) is 6.04 Å². The Balaban J connectivity index is 1.85. The second kappa shape index (κ2) is 14.3. The van der Waals surface area contributed by atoms with Gasteiger partial charge in [-0.15, -0.1) is 0 Å². The molecule has 0 aliphatic rings. The number of benzene rings is 3. The molecule has 0 heterocycles. The Hall–Kier alpha value is -3.11. The molecule has 35 heavy (non-hydrogen) atoms. The van der Waals surface area contributed by atoms with E-state index in [2.05, 4.69) is 12.2 Å². The third kappa shape index (κ3) is 8.88. The lowest BCUT2D eigenvalue weighted by Gasteiger charge is -2.32. The molecular weight excluding hydrogens is 456 g/mol. The molecule has 0 saturated carbocycles. The molecule has 0 radical (unpaired) electrons. The standard InChI is InChI=1S/C30H35ClN2O2/c1-2-3-10-21-32-30(35)28(22-25-13-8-5-9-14-25)33(23-26-15-18-27(31)19-16-26)29(34)20-17-24-11-6-4-7-12-24/h4-9,11-16,18-19,28H,2-3,10,17,20-23H2,1H3,(H,32,35)/t28-/m0/s1. The maximum Gasteiger partial charge on any atom is 0.243 e. The summed E-state index contributed by atoms with van der Waals surface area (Å²) in [7, 11) is 0. The summed E-state index contributed by atoms with van der Waals surface area (Å²) in [6.07, 6.45) is 4.52. The lowest BCUT2D eigenvalue weighted by atomic mass is 10.0. The predicted octanol–water partition coefficient (Wildman–Crippen LogP) is 6.22. The van der Waals surface area contributed by atoms with Crippen LogP contribution in [0.3, 0.4) is 0 Å². The van der Waals surface area contributed by atoms with Crippen molar-refractivity contribution in [1.29, 1.82) is 0 Å². The molecule has 3 rings (SSSR count). The molecule has 0 aromatic heterocycles. The van der Waals surface area contributed by atoms with Gasteiger partial charge in [0, 0.05) is 31.0 Å².